The number of hydrogen-bond donors (Lipinski definition) is 1. The number of nitrogens with one attached hydrogen (secondary N) is 1. The van der Waals surface area contributed by atoms with Gasteiger partial charge < -0.3 is 10.1 Å². The van der Waals surface area contributed by atoms with Crippen LogP contribution in [0, 0.1) is 5.92 Å². The minimum Gasteiger partial charge on any atom is -0.492 e. The highest BCUT2D eigenvalue weighted by Crippen LogP contribution is 2.24. The van der Waals surface area contributed by atoms with Crippen molar-refractivity contribution in [1.82, 2.24) is 10.2 Å². The van der Waals surface area contributed by atoms with Gasteiger partial charge in [-0.3, -0.25) is 9.69 Å². The van der Waals surface area contributed by atoms with Crippen LogP contribution in [0.1, 0.15) is 44.7 Å². The molecule has 1 N–H and O–H groups in total. The van der Waals surface area contributed by atoms with Crippen molar-refractivity contribution in [2.45, 2.75) is 45.6 Å². The van der Waals surface area contributed by atoms with Crippen LogP contribution >= 0.6 is 11.6 Å². The van der Waals surface area contributed by atoms with E-state index in [1.54, 1.807) is 0 Å². The Kier molecular flexibility index (Phi) is 7.79. The van der Waals surface area contributed by atoms with Gasteiger partial charge >= 0.3 is 0 Å². The van der Waals surface area contributed by atoms with E-state index in [1.807, 2.05) is 24.3 Å². The fourth-order valence-corrected chi connectivity index (χ4v) is 3.87. The first-order valence-electron chi connectivity index (χ1n) is 10.8. The lowest BCUT2D eigenvalue weighted by molar-refractivity contribution is -0.126. The van der Waals surface area contributed by atoms with E-state index < -0.39 is 0 Å². The van der Waals surface area contributed by atoms with Crippen LogP contribution in [0.25, 0.3) is 0 Å². The summed E-state index contributed by atoms with van der Waals surface area (Å²) in [6.07, 6.45) is 1.79. The molecule has 0 atom stereocenters. The quantitative estimate of drug-likeness (QED) is 0.628. The SMILES string of the molecule is CC(C)(C)c1ccc(OCCNC(=O)C2CCN(Cc3ccc(Cl)cc3)CC2)cc1. The molecular formula is C25H33ClN2O2. The first-order valence-corrected chi connectivity index (χ1v) is 11.2. The Morgan fingerprint density at radius 2 is 1.70 bits per heavy atom. The van der Waals surface area contributed by atoms with Crippen molar-refractivity contribution >= 4 is 17.5 Å². The van der Waals surface area contributed by atoms with Crippen molar-refractivity contribution in [2.24, 2.45) is 5.92 Å². The van der Waals surface area contributed by atoms with Crippen molar-refractivity contribution in [3.8, 4) is 5.75 Å². The lowest BCUT2D eigenvalue weighted by Crippen LogP contribution is -2.41. The molecule has 1 aliphatic heterocycles. The Labute approximate surface area is 185 Å². The average Bonchev–Trinajstić information content (AvgIpc) is 2.73. The third kappa shape index (κ3) is 6.75. The first-order chi connectivity index (χ1) is 14.3. The predicted octanol–water partition coefficient (Wildman–Crippen LogP) is 5.04. The molecule has 0 aliphatic carbocycles. The molecule has 1 fully saturated rings. The summed E-state index contributed by atoms with van der Waals surface area (Å²) in [6.45, 7) is 10.4. The Bertz CT molecular complexity index is 805. The monoisotopic (exact) mass is 428 g/mol. The lowest BCUT2D eigenvalue weighted by Gasteiger charge is -2.31. The van der Waals surface area contributed by atoms with Gasteiger partial charge in [0.1, 0.15) is 12.4 Å². The second-order valence-corrected chi connectivity index (χ2v) is 9.53. The zero-order valence-corrected chi connectivity index (χ0v) is 19.0. The van der Waals surface area contributed by atoms with E-state index in [1.165, 1.54) is 11.1 Å². The highest BCUT2D eigenvalue weighted by molar-refractivity contribution is 6.30. The van der Waals surface area contributed by atoms with Crippen molar-refractivity contribution < 1.29 is 9.53 Å². The van der Waals surface area contributed by atoms with Gasteiger partial charge in [-0.2, -0.15) is 0 Å². The highest BCUT2D eigenvalue weighted by atomic mass is 35.5. The number of benzene rings is 2. The molecule has 0 saturated carbocycles. The first kappa shape index (κ1) is 22.6. The van der Waals surface area contributed by atoms with Crippen molar-refractivity contribution in [3.05, 3.63) is 64.7 Å². The van der Waals surface area contributed by atoms with Crippen LogP contribution in [0.3, 0.4) is 0 Å². The molecule has 0 unspecified atom stereocenters. The lowest BCUT2D eigenvalue weighted by atomic mass is 9.87. The summed E-state index contributed by atoms with van der Waals surface area (Å²) in [5, 5.41) is 3.80. The number of piperidine rings is 1. The number of carbonyl (C=O) groups excluding carboxylic acids is 1. The van der Waals surface area contributed by atoms with Gasteiger partial charge in [-0.15, -0.1) is 0 Å². The Morgan fingerprint density at radius 3 is 2.30 bits per heavy atom. The summed E-state index contributed by atoms with van der Waals surface area (Å²) in [5.74, 6) is 1.08. The molecule has 0 bridgehead atoms. The number of hydrogen-bond acceptors (Lipinski definition) is 3. The number of likely N-dealkylation sites (tertiary alicyclic amines) is 1. The summed E-state index contributed by atoms with van der Waals surface area (Å²) in [7, 11) is 0. The summed E-state index contributed by atoms with van der Waals surface area (Å²) >= 11 is 5.95. The maximum Gasteiger partial charge on any atom is 0.223 e. The second-order valence-electron chi connectivity index (χ2n) is 9.09. The second kappa shape index (κ2) is 10.3. The van der Waals surface area contributed by atoms with Crippen LogP contribution in [-0.2, 0) is 16.8 Å². The van der Waals surface area contributed by atoms with Gasteiger partial charge in [0.05, 0.1) is 6.54 Å². The average molecular weight is 429 g/mol. The summed E-state index contributed by atoms with van der Waals surface area (Å²) in [6, 6.07) is 16.2. The van der Waals surface area contributed by atoms with E-state index in [0.29, 0.717) is 13.2 Å². The number of ether oxygens (including phenoxy) is 1. The fraction of sp³-hybridized carbons (Fsp3) is 0.480. The van der Waals surface area contributed by atoms with E-state index in [0.717, 1.165) is 43.2 Å². The van der Waals surface area contributed by atoms with Crippen LogP contribution in [0.5, 0.6) is 5.75 Å². The zero-order valence-electron chi connectivity index (χ0n) is 18.3. The van der Waals surface area contributed by atoms with E-state index in [-0.39, 0.29) is 17.2 Å². The maximum atomic E-state index is 12.5. The minimum absolute atomic E-state index is 0.0949. The molecule has 2 aromatic rings. The molecule has 0 spiro atoms. The standard InChI is InChI=1S/C25H33ClN2O2/c1-25(2,3)21-6-10-23(11-7-21)30-17-14-27-24(29)20-12-15-28(16-13-20)18-19-4-8-22(26)9-5-19/h4-11,20H,12-18H2,1-3H3,(H,27,29). The predicted molar refractivity (Wildman–Crippen MR) is 123 cm³/mol. The number of rotatable bonds is 7. The highest BCUT2D eigenvalue weighted by Gasteiger charge is 2.24. The van der Waals surface area contributed by atoms with Crippen molar-refractivity contribution in [2.75, 3.05) is 26.2 Å². The van der Waals surface area contributed by atoms with Gasteiger partial charge in [-0.1, -0.05) is 56.6 Å². The van der Waals surface area contributed by atoms with Gasteiger partial charge in [-0.25, -0.2) is 0 Å². The molecule has 1 saturated heterocycles. The molecule has 0 radical (unpaired) electrons. The molecule has 4 nitrogen and oxygen atoms in total. The number of nitrogens with zero attached hydrogens (tertiary/aromatic N) is 1. The smallest absolute Gasteiger partial charge is 0.223 e. The Hall–Kier alpha value is -2.04. The minimum atomic E-state index is 0.0949. The van der Waals surface area contributed by atoms with Gasteiger partial charge in [-0.05, 0) is 66.7 Å². The molecule has 5 heteroatoms. The van der Waals surface area contributed by atoms with E-state index in [4.69, 9.17) is 16.3 Å². The van der Waals surface area contributed by atoms with Crippen molar-refractivity contribution in [1.29, 1.82) is 0 Å². The topological polar surface area (TPSA) is 41.6 Å². The van der Waals surface area contributed by atoms with E-state index in [9.17, 15) is 4.79 Å². The third-order valence-corrected chi connectivity index (χ3v) is 5.92. The largest absolute Gasteiger partial charge is 0.492 e. The normalized spacial score (nSPS) is 15.7. The summed E-state index contributed by atoms with van der Waals surface area (Å²) < 4.78 is 5.77. The number of amides is 1. The molecule has 3 rings (SSSR count). The molecule has 1 heterocycles. The molecule has 0 aromatic heterocycles. The summed E-state index contributed by atoms with van der Waals surface area (Å²) in [4.78, 5) is 14.9. The molecule has 162 valence electrons. The zero-order chi connectivity index (χ0) is 21.6. The number of carbonyl (C=O) groups is 1. The molecule has 2 aromatic carbocycles. The Morgan fingerprint density at radius 1 is 1.07 bits per heavy atom. The van der Waals surface area contributed by atoms with Crippen LogP contribution in [0.4, 0.5) is 0 Å². The van der Waals surface area contributed by atoms with E-state index >= 15 is 0 Å². The number of halogens is 1. The van der Waals surface area contributed by atoms with E-state index in [2.05, 4.69) is 55.3 Å². The van der Waals surface area contributed by atoms with Crippen LogP contribution in [-0.4, -0.2) is 37.0 Å². The van der Waals surface area contributed by atoms with Gasteiger partial charge in [0.15, 0.2) is 0 Å². The van der Waals surface area contributed by atoms with Gasteiger partial charge in [0.25, 0.3) is 0 Å². The maximum absolute atomic E-state index is 12.5. The Balaban J connectivity index is 1.33. The third-order valence-electron chi connectivity index (χ3n) is 5.67. The van der Waals surface area contributed by atoms with Crippen LogP contribution < -0.4 is 10.1 Å². The molecule has 1 amide bonds. The van der Waals surface area contributed by atoms with Gasteiger partial charge in [0, 0.05) is 17.5 Å². The van der Waals surface area contributed by atoms with Gasteiger partial charge in [0.2, 0.25) is 5.91 Å². The summed E-state index contributed by atoms with van der Waals surface area (Å²) in [5.41, 5.74) is 2.68. The fourth-order valence-electron chi connectivity index (χ4n) is 3.74. The van der Waals surface area contributed by atoms with Crippen molar-refractivity contribution in [3.63, 3.8) is 0 Å². The van der Waals surface area contributed by atoms with Crippen LogP contribution in [0.2, 0.25) is 5.02 Å². The molecule has 30 heavy (non-hydrogen) atoms. The van der Waals surface area contributed by atoms with Crippen LogP contribution in [0.15, 0.2) is 48.5 Å². The molecule has 1 aliphatic rings. The molecular weight excluding hydrogens is 396 g/mol.